The van der Waals surface area contributed by atoms with Crippen LogP contribution in [0.25, 0.3) is 0 Å². The molecule has 1 amide bonds. The van der Waals surface area contributed by atoms with E-state index in [1.54, 1.807) is 11.0 Å². The highest BCUT2D eigenvalue weighted by Gasteiger charge is 2.33. The maximum Gasteiger partial charge on any atom is 0.300 e. The number of ether oxygens (including phenoxy) is 1. The third-order valence-electron chi connectivity index (χ3n) is 3.77. The van der Waals surface area contributed by atoms with E-state index in [1.165, 1.54) is 0 Å². The fourth-order valence-electron chi connectivity index (χ4n) is 2.35. The highest BCUT2D eigenvalue weighted by atomic mass is 16.5. The van der Waals surface area contributed by atoms with Gasteiger partial charge in [0.05, 0.1) is 0 Å². The first kappa shape index (κ1) is 19.7. The maximum absolute atomic E-state index is 12.4. The molecule has 0 aromatic rings. The van der Waals surface area contributed by atoms with Gasteiger partial charge in [0, 0.05) is 31.9 Å². The van der Waals surface area contributed by atoms with Crippen LogP contribution in [0.2, 0.25) is 0 Å². The number of aliphatic imine (C=N–C) groups is 1. The second-order valence-electron chi connectivity index (χ2n) is 5.20. The highest BCUT2D eigenvalue weighted by molar-refractivity contribution is 6.09. The predicted molar refractivity (Wildman–Crippen MR) is 99.5 cm³/mol. The number of amides is 1. The van der Waals surface area contributed by atoms with Crippen LogP contribution in [0.3, 0.4) is 0 Å². The summed E-state index contributed by atoms with van der Waals surface area (Å²) in [5.41, 5.74) is 1.83. The first-order chi connectivity index (χ1) is 11.5. The van der Waals surface area contributed by atoms with Crippen LogP contribution < -0.4 is 0 Å². The zero-order chi connectivity index (χ0) is 18.1. The van der Waals surface area contributed by atoms with Crippen LogP contribution in [-0.4, -0.2) is 47.9 Å². The van der Waals surface area contributed by atoms with Crippen molar-refractivity contribution in [3.05, 3.63) is 47.9 Å². The number of rotatable bonds is 8. The van der Waals surface area contributed by atoms with Crippen LogP contribution in [0.15, 0.2) is 52.9 Å². The third kappa shape index (κ3) is 4.85. The molecule has 24 heavy (non-hydrogen) atoms. The van der Waals surface area contributed by atoms with E-state index in [1.807, 2.05) is 39.0 Å². The SMILES string of the molecule is C=C(\C=C/C(=C\C)/C=C1/OC(=NCC)N(CC)C1=O)N(CC)CC. The van der Waals surface area contributed by atoms with Gasteiger partial charge in [-0.3, -0.25) is 9.69 Å². The number of carbonyl (C=O) groups excluding carboxylic acids is 1. The molecule has 0 bridgehead atoms. The molecule has 0 spiro atoms. The first-order valence-corrected chi connectivity index (χ1v) is 8.56. The lowest BCUT2D eigenvalue weighted by atomic mass is 10.2. The molecule has 1 aliphatic heterocycles. The molecule has 1 heterocycles. The highest BCUT2D eigenvalue weighted by Crippen LogP contribution is 2.19. The summed E-state index contributed by atoms with van der Waals surface area (Å²) in [7, 11) is 0. The fourth-order valence-corrected chi connectivity index (χ4v) is 2.35. The van der Waals surface area contributed by atoms with Crippen molar-refractivity contribution in [3.8, 4) is 0 Å². The zero-order valence-corrected chi connectivity index (χ0v) is 15.5. The van der Waals surface area contributed by atoms with Gasteiger partial charge in [0.25, 0.3) is 11.9 Å². The Morgan fingerprint density at radius 1 is 1.25 bits per heavy atom. The van der Waals surface area contributed by atoms with Crippen molar-refractivity contribution in [1.82, 2.24) is 9.80 Å². The molecule has 1 fully saturated rings. The lowest BCUT2D eigenvalue weighted by Crippen LogP contribution is -2.29. The quantitative estimate of drug-likeness (QED) is 0.505. The van der Waals surface area contributed by atoms with Gasteiger partial charge in [-0.2, -0.15) is 0 Å². The van der Waals surface area contributed by atoms with Gasteiger partial charge in [0.2, 0.25) is 0 Å². The lowest BCUT2D eigenvalue weighted by Gasteiger charge is -2.20. The third-order valence-corrected chi connectivity index (χ3v) is 3.77. The Labute approximate surface area is 145 Å². The normalized spacial score (nSPS) is 18.8. The molecule has 1 saturated heterocycles. The molecule has 0 aromatic heterocycles. The number of allylic oxidation sites excluding steroid dienone is 5. The summed E-state index contributed by atoms with van der Waals surface area (Å²) in [4.78, 5) is 20.3. The van der Waals surface area contributed by atoms with E-state index in [-0.39, 0.29) is 5.91 Å². The molecule has 5 nitrogen and oxygen atoms in total. The van der Waals surface area contributed by atoms with Crippen LogP contribution in [0, 0.1) is 0 Å². The fraction of sp³-hybridized carbons (Fsp3) is 0.474. The summed E-state index contributed by atoms with van der Waals surface area (Å²) in [6.45, 7) is 16.9. The summed E-state index contributed by atoms with van der Waals surface area (Å²) < 4.78 is 5.63. The Morgan fingerprint density at radius 3 is 2.42 bits per heavy atom. The summed E-state index contributed by atoms with van der Waals surface area (Å²) in [6.07, 6.45) is 7.57. The average Bonchev–Trinajstić information content (AvgIpc) is 2.87. The number of likely N-dealkylation sites (N-methyl/N-ethyl adjacent to an activating group) is 2. The second kappa shape index (κ2) is 9.75. The standard InChI is InChI=1S/C19H29N3O2/c1-7-16(13-12-15(6)21(9-3)10-4)14-17-18(23)22(11-5)19(24-17)20-8-2/h7,12-14H,6,8-11H2,1-5H3/b13-12-,16-7+,17-14+,20-19?. The van der Waals surface area contributed by atoms with Crippen molar-refractivity contribution in [2.24, 2.45) is 4.99 Å². The molecule has 0 unspecified atom stereocenters. The molecule has 0 aliphatic carbocycles. The molecule has 132 valence electrons. The van der Waals surface area contributed by atoms with Gasteiger partial charge in [-0.15, -0.1) is 0 Å². The van der Waals surface area contributed by atoms with Gasteiger partial charge >= 0.3 is 0 Å². The van der Waals surface area contributed by atoms with Crippen LogP contribution in [-0.2, 0) is 9.53 Å². The van der Waals surface area contributed by atoms with Gasteiger partial charge in [0.15, 0.2) is 5.76 Å². The first-order valence-electron chi connectivity index (χ1n) is 8.56. The topological polar surface area (TPSA) is 45.1 Å². The minimum Gasteiger partial charge on any atom is -0.420 e. The van der Waals surface area contributed by atoms with Crippen molar-refractivity contribution in [2.45, 2.75) is 34.6 Å². The molecule has 0 aromatic carbocycles. The van der Waals surface area contributed by atoms with Crippen LogP contribution in [0.1, 0.15) is 34.6 Å². The van der Waals surface area contributed by atoms with Crippen LogP contribution >= 0.6 is 0 Å². The monoisotopic (exact) mass is 331 g/mol. The Kier molecular flexibility index (Phi) is 8.02. The van der Waals surface area contributed by atoms with Crippen molar-refractivity contribution < 1.29 is 9.53 Å². The zero-order valence-electron chi connectivity index (χ0n) is 15.5. The van der Waals surface area contributed by atoms with E-state index in [0.29, 0.717) is 24.9 Å². The molecule has 0 saturated carbocycles. The number of carbonyl (C=O) groups is 1. The van der Waals surface area contributed by atoms with Gasteiger partial charge in [0.1, 0.15) is 0 Å². The largest absolute Gasteiger partial charge is 0.420 e. The molecule has 0 atom stereocenters. The van der Waals surface area contributed by atoms with E-state index in [0.717, 1.165) is 24.4 Å². The summed E-state index contributed by atoms with van der Waals surface area (Å²) in [6, 6.07) is 0.378. The lowest BCUT2D eigenvalue weighted by molar-refractivity contribution is -0.122. The van der Waals surface area contributed by atoms with Crippen LogP contribution in [0.4, 0.5) is 0 Å². The Hall–Kier alpha value is -2.30. The number of amidine groups is 1. The number of hydrogen-bond acceptors (Lipinski definition) is 4. The van der Waals surface area contributed by atoms with E-state index >= 15 is 0 Å². The molecular formula is C19H29N3O2. The molecule has 5 heteroatoms. The van der Waals surface area contributed by atoms with Gasteiger partial charge < -0.3 is 9.64 Å². The summed E-state index contributed by atoms with van der Waals surface area (Å²) in [5, 5.41) is 0. The number of nitrogens with zero attached hydrogens (tertiary/aromatic N) is 3. The molecule has 0 radical (unpaired) electrons. The maximum atomic E-state index is 12.4. The van der Waals surface area contributed by atoms with Gasteiger partial charge in [-0.05, 0) is 52.3 Å². The van der Waals surface area contributed by atoms with Crippen LogP contribution in [0.5, 0.6) is 0 Å². The van der Waals surface area contributed by atoms with Crippen molar-refractivity contribution in [3.63, 3.8) is 0 Å². The Bertz CT molecular complexity index is 581. The molecule has 1 aliphatic rings. The average molecular weight is 331 g/mol. The molecule has 0 N–H and O–H groups in total. The van der Waals surface area contributed by atoms with E-state index in [4.69, 9.17) is 4.74 Å². The van der Waals surface area contributed by atoms with Crippen molar-refractivity contribution in [2.75, 3.05) is 26.2 Å². The number of hydrogen-bond donors (Lipinski definition) is 0. The van der Waals surface area contributed by atoms with E-state index < -0.39 is 0 Å². The predicted octanol–water partition coefficient (Wildman–Crippen LogP) is 3.48. The van der Waals surface area contributed by atoms with Crippen molar-refractivity contribution >= 4 is 11.9 Å². The Morgan fingerprint density at radius 2 is 1.92 bits per heavy atom. The molecular weight excluding hydrogens is 302 g/mol. The summed E-state index contributed by atoms with van der Waals surface area (Å²) in [5.74, 6) is 0.148. The van der Waals surface area contributed by atoms with Crippen molar-refractivity contribution in [1.29, 1.82) is 0 Å². The minimum absolute atomic E-state index is 0.153. The van der Waals surface area contributed by atoms with Gasteiger partial charge in [-0.1, -0.05) is 18.7 Å². The summed E-state index contributed by atoms with van der Waals surface area (Å²) >= 11 is 0. The second-order valence-corrected chi connectivity index (χ2v) is 5.20. The smallest absolute Gasteiger partial charge is 0.300 e. The minimum atomic E-state index is -0.153. The Balaban J connectivity index is 2.95. The van der Waals surface area contributed by atoms with E-state index in [2.05, 4.69) is 30.3 Å². The van der Waals surface area contributed by atoms with Gasteiger partial charge in [-0.25, -0.2) is 4.99 Å². The van der Waals surface area contributed by atoms with E-state index in [9.17, 15) is 4.79 Å². The molecule has 1 rings (SSSR count).